The van der Waals surface area contributed by atoms with Crippen LogP contribution in [0.2, 0.25) is 0 Å². The number of hydrogen-bond acceptors (Lipinski definition) is 6. The molecule has 0 bridgehead atoms. The minimum Gasteiger partial charge on any atom is -0.495 e. The second-order valence-electron chi connectivity index (χ2n) is 5.33. The minimum atomic E-state index is -0.645. The van der Waals surface area contributed by atoms with E-state index >= 15 is 0 Å². The van der Waals surface area contributed by atoms with Gasteiger partial charge in [-0.05, 0) is 26.2 Å². The van der Waals surface area contributed by atoms with Crippen LogP contribution in [-0.4, -0.2) is 45.5 Å². The average Bonchev–Trinajstić information content (AvgIpc) is 2.57. The van der Waals surface area contributed by atoms with E-state index < -0.39 is 11.6 Å². The Balaban J connectivity index is 0.00000116. The SMILES string of the molecule is C=C(OCCOC1CCCCO1)C1(C)COC(=O)OC1.CC. The molecule has 1 unspecified atom stereocenters. The van der Waals surface area contributed by atoms with E-state index in [4.69, 9.17) is 23.7 Å². The Hall–Kier alpha value is -1.27. The van der Waals surface area contributed by atoms with Gasteiger partial charge in [-0.15, -0.1) is 0 Å². The average molecular weight is 316 g/mol. The van der Waals surface area contributed by atoms with E-state index in [1.807, 2.05) is 20.8 Å². The summed E-state index contributed by atoms with van der Waals surface area (Å²) < 4.78 is 26.3. The van der Waals surface area contributed by atoms with Crippen LogP contribution in [0.1, 0.15) is 40.0 Å². The van der Waals surface area contributed by atoms with Gasteiger partial charge >= 0.3 is 6.16 Å². The van der Waals surface area contributed by atoms with E-state index in [2.05, 4.69) is 6.58 Å². The van der Waals surface area contributed by atoms with Gasteiger partial charge in [-0.3, -0.25) is 0 Å². The number of cyclic esters (lactones) is 2. The first-order chi connectivity index (χ1) is 10.6. The zero-order valence-electron chi connectivity index (χ0n) is 13.9. The molecule has 0 spiro atoms. The van der Waals surface area contributed by atoms with E-state index in [-0.39, 0.29) is 19.5 Å². The highest BCUT2D eigenvalue weighted by Gasteiger charge is 2.37. The molecule has 0 N–H and O–H groups in total. The molecule has 0 aromatic rings. The van der Waals surface area contributed by atoms with Crippen molar-refractivity contribution in [1.29, 1.82) is 0 Å². The van der Waals surface area contributed by atoms with Crippen LogP contribution < -0.4 is 0 Å². The largest absolute Gasteiger partial charge is 0.508 e. The van der Waals surface area contributed by atoms with Gasteiger partial charge in [-0.25, -0.2) is 4.79 Å². The van der Waals surface area contributed by atoms with Crippen LogP contribution in [0.3, 0.4) is 0 Å². The maximum atomic E-state index is 10.9. The van der Waals surface area contributed by atoms with Crippen LogP contribution in [-0.2, 0) is 23.7 Å². The smallest absolute Gasteiger partial charge is 0.495 e. The third-order valence-electron chi connectivity index (χ3n) is 3.49. The fourth-order valence-corrected chi connectivity index (χ4v) is 2.04. The molecule has 22 heavy (non-hydrogen) atoms. The fraction of sp³-hybridized carbons (Fsp3) is 0.812. The first kappa shape index (κ1) is 18.8. The molecule has 2 fully saturated rings. The summed E-state index contributed by atoms with van der Waals surface area (Å²) in [7, 11) is 0. The van der Waals surface area contributed by atoms with E-state index in [0.717, 1.165) is 25.9 Å². The van der Waals surface area contributed by atoms with Crippen molar-refractivity contribution >= 4 is 6.16 Å². The molecule has 2 rings (SSSR count). The predicted molar refractivity (Wildman–Crippen MR) is 81.4 cm³/mol. The van der Waals surface area contributed by atoms with Crippen LogP contribution in [0.15, 0.2) is 12.3 Å². The molecule has 0 aromatic carbocycles. The Bertz CT molecular complexity index is 339. The van der Waals surface area contributed by atoms with Crippen molar-refractivity contribution in [3.05, 3.63) is 12.3 Å². The Labute approximate surface area is 132 Å². The van der Waals surface area contributed by atoms with Gasteiger partial charge in [-0.2, -0.15) is 0 Å². The molecule has 0 aromatic heterocycles. The predicted octanol–water partition coefficient (Wildman–Crippen LogP) is 3.26. The summed E-state index contributed by atoms with van der Waals surface area (Å²) in [5, 5.41) is 0. The van der Waals surface area contributed by atoms with Gasteiger partial charge in [0.05, 0.1) is 12.0 Å². The number of hydrogen-bond donors (Lipinski definition) is 0. The van der Waals surface area contributed by atoms with Crippen molar-refractivity contribution in [2.24, 2.45) is 5.41 Å². The first-order valence-electron chi connectivity index (χ1n) is 7.95. The van der Waals surface area contributed by atoms with Gasteiger partial charge in [0, 0.05) is 6.61 Å². The lowest BCUT2D eigenvalue weighted by atomic mass is 9.90. The summed E-state index contributed by atoms with van der Waals surface area (Å²) in [5.74, 6) is 0.540. The highest BCUT2D eigenvalue weighted by Crippen LogP contribution is 2.30. The molecule has 2 heterocycles. The Morgan fingerprint density at radius 3 is 2.55 bits per heavy atom. The summed E-state index contributed by atoms with van der Waals surface area (Å²) in [4.78, 5) is 10.9. The summed E-state index contributed by atoms with van der Waals surface area (Å²) in [6, 6.07) is 0. The normalized spacial score (nSPS) is 23.4. The zero-order chi connectivity index (χ0) is 16.4. The van der Waals surface area contributed by atoms with Crippen LogP contribution >= 0.6 is 0 Å². The lowest BCUT2D eigenvalue weighted by Gasteiger charge is -2.33. The highest BCUT2D eigenvalue weighted by atomic mass is 16.7. The van der Waals surface area contributed by atoms with Crippen molar-refractivity contribution in [2.75, 3.05) is 33.0 Å². The van der Waals surface area contributed by atoms with Crippen molar-refractivity contribution in [3.63, 3.8) is 0 Å². The van der Waals surface area contributed by atoms with Crippen molar-refractivity contribution in [3.8, 4) is 0 Å². The Morgan fingerprint density at radius 1 is 1.27 bits per heavy atom. The second kappa shape index (κ2) is 9.69. The molecule has 0 radical (unpaired) electrons. The van der Waals surface area contributed by atoms with Crippen molar-refractivity contribution in [1.82, 2.24) is 0 Å². The van der Waals surface area contributed by atoms with Crippen LogP contribution in [0.25, 0.3) is 0 Å². The molecule has 0 amide bonds. The van der Waals surface area contributed by atoms with Gasteiger partial charge < -0.3 is 23.7 Å². The summed E-state index contributed by atoms with van der Waals surface area (Å²) in [6.07, 6.45) is 2.41. The highest BCUT2D eigenvalue weighted by molar-refractivity contribution is 5.60. The molecule has 2 saturated heterocycles. The lowest BCUT2D eigenvalue weighted by Crippen LogP contribution is -2.39. The van der Waals surface area contributed by atoms with E-state index in [9.17, 15) is 4.79 Å². The van der Waals surface area contributed by atoms with Crippen molar-refractivity contribution in [2.45, 2.75) is 46.3 Å². The molecule has 2 aliphatic heterocycles. The zero-order valence-corrected chi connectivity index (χ0v) is 13.9. The molecule has 1 atom stereocenters. The van der Waals surface area contributed by atoms with E-state index in [0.29, 0.717) is 19.0 Å². The van der Waals surface area contributed by atoms with E-state index in [1.54, 1.807) is 0 Å². The fourth-order valence-electron chi connectivity index (χ4n) is 2.04. The standard InChI is InChI=1S/C14H22O6.C2H6/c1-11(14(2)9-19-13(15)20-10-14)16-7-8-18-12-5-3-4-6-17-12;1-2/h12H,1,3-10H2,2H3;1-2H3. The van der Waals surface area contributed by atoms with Crippen LogP contribution in [0.4, 0.5) is 4.79 Å². The van der Waals surface area contributed by atoms with Gasteiger partial charge in [0.1, 0.15) is 25.6 Å². The molecule has 0 saturated carbocycles. The number of carbonyl (C=O) groups excluding carboxylic acids is 1. The third kappa shape index (κ3) is 5.85. The van der Waals surface area contributed by atoms with Gasteiger partial charge in [-0.1, -0.05) is 20.4 Å². The number of ether oxygens (including phenoxy) is 5. The lowest BCUT2D eigenvalue weighted by molar-refractivity contribution is -0.168. The van der Waals surface area contributed by atoms with Gasteiger partial charge in [0.2, 0.25) is 0 Å². The molecule has 6 nitrogen and oxygen atoms in total. The maximum Gasteiger partial charge on any atom is 0.508 e. The second-order valence-corrected chi connectivity index (χ2v) is 5.33. The third-order valence-corrected chi connectivity index (χ3v) is 3.49. The molecule has 128 valence electrons. The Kier molecular flexibility index (Phi) is 8.27. The quantitative estimate of drug-likeness (QED) is 0.426. The summed E-state index contributed by atoms with van der Waals surface area (Å²) in [6.45, 7) is 11.8. The number of carbonyl (C=O) groups is 1. The number of rotatable bonds is 6. The summed E-state index contributed by atoms with van der Waals surface area (Å²) >= 11 is 0. The molecule has 0 aliphatic carbocycles. The first-order valence-corrected chi connectivity index (χ1v) is 7.95. The van der Waals surface area contributed by atoms with Crippen molar-refractivity contribution < 1.29 is 28.5 Å². The van der Waals surface area contributed by atoms with E-state index in [1.165, 1.54) is 0 Å². The minimum absolute atomic E-state index is 0.116. The molecule has 2 aliphatic rings. The summed E-state index contributed by atoms with van der Waals surface area (Å²) in [5.41, 5.74) is -0.505. The Morgan fingerprint density at radius 2 is 1.95 bits per heavy atom. The van der Waals surface area contributed by atoms with Crippen LogP contribution in [0, 0.1) is 5.41 Å². The maximum absolute atomic E-state index is 10.9. The van der Waals surface area contributed by atoms with Gasteiger partial charge in [0.15, 0.2) is 6.29 Å². The molecular weight excluding hydrogens is 288 g/mol. The molecular formula is C16H28O6. The molecule has 6 heteroatoms. The topological polar surface area (TPSA) is 63.2 Å². The van der Waals surface area contributed by atoms with Gasteiger partial charge in [0.25, 0.3) is 0 Å². The van der Waals surface area contributed by atoms with Crippen LogP contribution in [0.5, 0.6) is 0 Å². The monoisotopic (exact) mass is 316 g/mol.